The molecule has 0 radical (unpaired) electrons. The zero-order valence-electron chi connectivity index (χ0n) is 9.30. The Morgan fingerprint density at radius 2 is 2.36 bits per heavy atom. The lowest BCUT2D eigenvalue weighted by Crippen LogP contribution is -2.43. The zero-order chi connectivity index (χ0) is 10.2. The largest absolute Gasteiger partial charge is 0.334 e. The number of nitrogens with one attached hydrogen (secondary N) is 1. The fourth-order valence-corrected chi connectivity index (χ4v) is 2.20. The van der Waals surface area contributed by atoms with E-state index in [1.807, 2.05) is 6.33 Å². The number of aryl methyl sites for hydroxylation is 1. The van der Waals surface area contributed by atoms with Crippen LogP contribution in [0.15, 0.2) is 6.33 Å². The van der Waals surface area contributed by atoms with E-state index >= 15 is 0 Å². The van der Waals surface area contributed by atoms with Crippen molar-refractivity contribution >= 4 is 0 Å². The van der Waals surface area contributed by atoms with Crippen LogP contribution in [0.5, 0.6) is 0 Å². The standard InChI is InChI=1S/C11H19N3/c1-4-7-14-8-12-10-9(14)5-6-13-11(10,2)3/h8,13H,4-7H2,1-3H3. The fourth-order valence-electron chi connectivity index (χ4n) is 2.20. The van der Waals surface area contributed by atoms with Crippen LogP contribution in [-0.4, -0.2) is 16.1 Å². The lowest BCUT2D eigenvalue weighted by molar-refractivity contribution is 0.367. The van der Waals surface area contributed by atoms with Crippen molar-refractivity contribution in [1.82, 2.24) is 14.9 Å². The molecule has 1 aromatic rings. The summed E-state index contributed by atoms with van der Waals surface area (Å²) in [7, 11) is 0. The third-order valence-electron chi connectivity index (χ3n) is 2.93. The molecule has 3 heteroatoms. The van der Waals surface area contributed by atoms with E-state index in [1.165, 1.54) is 17.8 Å². The molecule has 0 aromatic carbocycles. The van der Waals surface area contributed by atoms with E-state index in [1.54, 1.807) is 0 Å². The Morgan fingerprint density at radius 1 is 1.57 bits per heavy atom. The molecule has 2 heterocycles. The first-order chi connectivity index (χ1) is 6.65. The molecule has 1 aliphatic heterocycles. The van der Waals surface area contributed by atoms with Crippen molar-refractivity contribution in [3.63, 3.8) is 0 Å². The van der Waals surface area contributed by atoms with Crippen LogP contribution >= 0.6 is 0 Å². The summed E-state index contributed by atoms with van der Waals surface area (Å²) in [5.74, 6) is 0. The Labute approximate surface area is 85.5 Å². The monoisotopic (exact) mass is 193 g/mol. The van der Waals surface area contributed by atoms with E-state index in [9.17, 15) is 0 Å². The van der Waals surface area contributed by atoms with Crippen molar-refractivity contribution in [2.45, 2.75) is 45.7 Å². The van der Waals surface area contributed by atoms with Crippen LogP contribution in [0.4, 0.5) is 0 Å². The number of hydrogen-bond donors (Lipinski definition) is 1. The highest BCUT2D eigenvalue weighted by Crippen LogP contribution is 2.26. The van der Waals surface area contributed by atoms with Crippen LogP contribution in [0.3, 0.4) is 0 Å². The van der Waals surface area contributed by atoms with Gasteiger partial charge in [-0.25, -0.2) is 4.98 Å². The minimum Gasteiger partial charge on any atom is -0.334 e. The predicted octanol–water partition coefficient (Wildman–Crippen LogP) is 1.67. The van der Waals surface area contributed by atoms with Gasteiger partial charge in [-0.2, -0.15) is 0 Å². The highest BCUT2D eigenvalue weighted by Gasteiger charge is 2.30. The number of fused-ring (bicyclic) bond motifs is 1. The Bertz CT molecular complexity index is 325. The smallest absolute Gasteiger partial charge is 0.0952 e. The Kier molecular flexibility index (Phi) is 2.35. The highest BCUT2D eigenvalue weighted by molar-refractivity contribution is 5.24. The van der Waals surface area contributed by atoms with Crippen molar-refractivity contribution in [2.24, 2.45) is 0 Å². The molecular formula is C11H19N3. The van der Waals surface area contributed by atoms with Crippen molar-refractivity contribution in [3.8, 4) is 0 Å². The van der Waals surface area contributed by atoms with E-state index in [2.05, 4.69) is 35.6 Å². The van der Waals surface area contributed by atoms with Crippen LogP contribution in [0.25, 0.3) is 0 Å². The second-order valence-electron chi connectivity index (χ2n) is 4.54. The average Bonchev–Trinajstić information content (AvgIpc) is 2.50. The van der Waals surface area contributed by atoms with Crippen LogP contribution < -0.4 is 5.32 Å². The van der Waals surface area contributed by atoms with Crippen LogP contribution in [-0.2, 0) is 18.5 Å². The van der Waals surface area contributed by atoms with Gasteiger partial charge in [0.15, 0.2) is 0 Å². The third-order valence-corrected chi connectivity index (χ3v) is 2.93. The van der Waals surface area contributed by atoms with Crippen LogP contribution in [0.2, 0.25) is 0 Å². The van der Waals surface area contributed by atoms with Crippen molar-refractivity contribution < 1.29 is 0 Å². The van der Waals surface area contributed by atoms with Gasteiger partial charge in [-0.1, -0.05) is 6.92 Å². The summed E-state index contributed by atoms with van der Waals surface area (Å²) in [4.78, 5) is 4.53. The van der Waals surface area contributed by atoms with Gasteiger partial charge in [0.25, 0.3) is 0 Å². The van der Waals surface area contributed by atoms with Gasteiger partial charge in [0.1, 0.15) is 0 Å². The number of imidazole rings is 1. The molecule has 0 amide bonds. The number of nitrogens with zero attached hydrogens (tertiary/aromatic N) is 2. The van der Waals surface area contributed by atoms with E-state index in [0.29, 0.717) is 0 Å². The maximum absolute atomic E-state index is 4.53. The molecular weight excluding hydrogens is 174 g/mol. The SMILES string of the molecule is CCCn1cnc2c1CCNC2(C)C. The molecule has 0 bridgehead atoms. The Hall–Kier alpha value is -0.830. The second kappa shape index (κ2) is 3.39. The van der Waals surface area contributed by atoms with Gasteiger partial charge >= 0.3 is 0 Å². The molecule has 0 fully saturated rings. The van der Waals surface area contributed by atoms with Crippen LogP contribution in [0, 0.1) is 0 Å². The fraction of sp³-hybridized carbons (Fsp3) is 0.727. The zero-order valence-corrected chi connectivity index (χ0v) is 9.30. The number of aromatic nitrogens is 2. The minimum absolute atomic E-state index is 0.0482. The summed E-state index contributed by atoms with van der Waals surface area (Å²) >= 11 is 0. The summed E-state index contributed by atoms with van der Waals surface area (Å²) in [5.41, 5.74) is 2.71. The summed E-state index contributed by atoms with van der Waals surface area (Å²) in [5, 5.41) is 3.49. The molecule has 2 rings (SSSR count). The molecule has 0 aliphatic carbocycles. The topological polar surface area (TPSA) is 29.9 Å². The molecule has 1 aliphatic rings. The summed E-state index contributed by atoms with van der Waals surface area (Å²) < 4.78 is 2.30. The normalized spacial score (nSPS) is 19.4. The molecule has 78 valence electrons. The van der Waals surface area contributed by atoms with E-state index in [0.717, 1.165) is 19.5 Å². The molecule has 0 spiro atoms. The molecule has 0 saturated heterocycles. The van der Waals surface area contributed by atoms with Gasteiger partial charge < -0.3 is 9.88 Å². The lowest BCUT2D eigenvalue weighted by atomic mass is 9.94. The molecule has 3 nitrogen and oxygen atoms in total. The number of rotatable bonds is 2. The molecule has 1 N–H and O–H groups in total. The van der Waals surface area contributed by atoms with Crippen LogP contribution in [0.1, 0.15) is 38.6 Å². The quantitative estimate of drug-likeness (QED) is 0.774. The second-order valence-corrected chi connectivity index (χ2v) is 4.54. The maximum atomic E-state index is 4.53. The third kappa shape index (κ3) is 1.46. The van der Waals surface area contributed by atoms with E-state index < -0.39 is 0 Å². The van der Waals surface area contributed by atoms with E-state index in [4.69, 9.17) is 0 Å². The van der Waals surface area contributed by atoms with Gasteiger partial charge in [0.05, 0.1) is 17.6 Å². The van der Waals surface area contributed by atoms with Gasteiger partial charge in [0.2, 0.25) is 0 Å². The van der Waals surface area contributed by atoms with Gasteiger partial charge in [0, 0.05) is 25.2 Å². The molecule has 14 heavy (non-hydrogen) atoms. The summed E-state index contributed by atoms with van der Waals surface area (Å²) in [6, 6.07) is 0. The summed E-state index contributed by atoms with van der Waals surface area (Å²) in [6.07, 6.45) is 4.28. The molecule has 0 saturated carbocycles. The molecule has 0 atom stereocenters. The predicted molar refractivity (Wildman–Crippen MR) is 57.3 cm³/mol. The Morgan fingerprint density at radius 3 is 3.07 bits per heavy atom. The summed E-state index contributed by atoms with van der Waals surface area (Å²) in [6.45, 7) is 8.77. The first-order valence-electron chi connectivity index (χ1n) is 5.44. The van der Waals surface area contributed by atoms with Gasteiger partial charge in [-0.05, 0) is 20.3 Å². The van der Waals surface area contributed by atoms with Crippen molar-refractivity contribution in [1.29, 1.82) is 0 Å². The van der Waals surface area contributed by atoms with E-state index in [-0.39, 0.29) is 5.54 Å². The lowest BCUT2D eigenvalue weighted by Gasteiger charge is -2.30. The van der Waals surface area contributed by atoms with Crippen molar-refractivity contribution in [3.05, 3.63) is 17.7 Å². The minimum atomic E-state index is 0.0482. The first kappa shape index (κ1) is 9.71. The Balaban J connectivity index is 2.38. The first-order valence-corrected chi connectivity index (χ1v) is 5.44. The van der Waals surface area contributed by atoms with Gasteiger partial charge in [-0.3, -0.25) is 0 Å². The highest BCUT2D eigenvalue weighted by atomic mass is 15.1. The van der Waals surface area contributed by atoms with Gasteiger partial charge in [-0.15, -0.1) is 0 Å². The number of hydrogen-bond acceptors (Lipinski definition) is 2. The van der Waals surface area contributed by atoms with Crippen molar-refractivity contribution in [2.75, 3.05) is 6.54 Å². The average molecular weight is 193 g/mol. The molecule has 0 unspecified atom stereocenters. The molecule has 1 aromatic heterocycles. The maximum Gasteiger partial charge on any atom is 0.0952 e.